The van der Waals surface area contributed by atoms with Crippen LogP contribution in [0.4, 0.5) is 0 Å². The van der Waals surface area contributed by atoms with Gasteiger partial charge in [0.05, 0.1) is 0 Å². The highest BCUT2D eigenvalue weighted by molar-refractivity contribution is 7.46. The topological polar surface area (TPSA) is 133 Å². The van der Waals surface area contributed by atoms with E-state index in [4.69, 9.17) is 9.79 Å². The fourth-order valence-electron chi connectivity index (χ4n) is 3.48. The van der Waals surface area contributed by atoms with Crippen LogP contribution in [0, 0.1) is 0 Å². The quantitative estimate of drug-likeness (QED) is 0.175. The van der Waals surface area contributed by atoms with Gasteiger partial charge >= 0.3 is 13.8 Å². The standard InChI is InChI=1S/C23H38NO7P/c1-2-3-4-5-6-7-8-9-10-11-12-13-22(25)24-21(23(26)27)18-19-14-16-20(17-15-19)31-32(28,29)30/h14-17,21H,2-13,18H2,1H3,(H,24,25)(H,26,27)(H2,28,29,30)/t21-/m0/s1. The van der Waals surface area contributed by atoms with Gasteiger partial charge in [-0.1, -0.05) is 83.3 Å². The van der Waals surface area contributed by atoms with Crippen LogP contribution in [0.25, 0.3) is 0 Å². The molecule has 0 fully saturated rings. The van der Waals surface area contributed by atoms with Crippen molar-refractivity contribution in [2.75, 3.05) is 0 Å². The zero-order valence-corrected chi connectivity index (χ0v) is 19.9. The largest absolute Gasteiger partial charge is 0.524 e. The molecule has 1 atom stereocenters. The van der Waals surface area contributed by atoms with Crippen molar-refractivity contribution in [2.45, 2.75) is 96.4 Å². The lowest BCUT2D eigenvalue weighted by Gasteiger charge is -2.15. The van der Waals surface area contributed by atoms with Crippen molar-refractivity contribution in [3.63, 3.8) is 0 Å². The van der Waals surface area contributed by atoms with Crippen LogP contribution in [0.15, 0.2) is 24.3 Å². The first kappa shape index (κ1) is 28.1. The van der Waals surface area contributed by atoms with Crippen LogP contribution in [0.5, 0.6) is 5.75 Å². The van der Waals surface area contributed by atoms with E-state index in [1.54, 1.807) is 0 Å². The summed E-state index contributed by atoms with van der Waals surface area (Å²) in [5.74, 6) is -1.43. The minimum atomic E-state index is -4.64. The second-order valence-electron chi connectivity index (χ2n) is 8.17. The molecule has 0 bridgehead atoms. The highest BCUT2D eigenvalue weighted by Gasteiger charge is 2.21. The van der Waals surface area contributed by atoms with Crippen LogP contribution < -0.4 is 9.84 Å². The SMILES string of the molecule is CCCCCCCCCCCCCC(=O)N[C@@H](Cc1ccc(OP(=O)(O)O)cc1)C(=O)O. The normalized spacial score (nSPS) is 12.3. The maximum absolute atomic E-state index is 12.1. The molecule has 1 amide bonds. The maximum atomic E-state index is 12.1. The first-order chi connectivity index (χ1) is 15.2. The molecule has 32 heavy (non-hydrogen) atoms. The monoisotopic (exact) mass is 471 g/mol. The van der Waals surface area contributed by atoms with E-state index >= 15 is 0 Å². The number of aliphatic carboxylic acids is 1. The first-order valence-corrected chi connectivity index (χ1v) is 13.1. The summed E-state index contributed by atoms with van der Waals surface area (Å²) in [5.41, 5.74) is 0.602. The molecule has 0 spiro atoms. The Morgan fingerprint density at radius 3 is 1.88 bits per heavy atom. The number of hydrogen-bond donors (Lipinski definition) is 4. The van der Waals surface area contributed by atoms with Crippen molar-refractivity contribution in [3.05, 3.63) is 29.8 Å². The third-order valence-corrected chi connectivity index (χ3v) is 5.68. The molecule has 1 aromatic carbocycles. The fraction of sp³-hybridized carbons (Fsp3) is 0.652. The molecule has 0 radical (unpaired) electrons. The third-order valence-electron chi connectivity index (χ3n) is 5.23. The molecule has 0 aliphatic rings. The molecular formula is C23H38NO7P. The Hall–Kier alpha value is -1.89. The Balaban J connectivity index is 2.25. The number of nitrogens with one attached hydrogen (secondary N) is 1. The highest BCUT2D eigenvalue weighted by atomic mass is 31.2. The van der Waals surface area contributed by atoms with E-state index in [2.05, 4.69) is 16.8 Å². The lowest BCUT2D eigenvalue weighted by molar-refractivity contribution is -0.141. The van der Waals surface area contributed by atoms with Gasteiger partial charge in [-0.3, -0.25) is 14.6 Å². The number of amides is 1. The number of carbonyl (C=O) groups excluding carboxylic acids is 1. The second-order valence-corrected chi connectivity index (χ2v) is 9.34. The predicted octanol–water partition coefficient (Wildman–Crippen LogP) is 4.97. The van der Waals surface area contributed by atoms with Gasteiger partial charge in [0.2, 0.25) is 5.91 Å². The number of carboxylic acids is 1. The maximum Gasteiger partial charge on any atom is 0.524 e. The molecule has 0 aromatic heterocycles. The Bertz CT molecular complexity index is 718. The van der Waals surface area contributed by atoms with E-state index < -0.39 is 19.8 Å². The number of phosphoric ester groups is 1. The average molecular weight is 472 g/mol. The van der Waals surface area contributed by atoms with Crippen molar-refractivity contribution in [1.29, 1.82) is 0 Å². The first-order valence-electron chi connectivity index (χ1n) is 11.6. The van der Waals surface area contributed by atoms with E-state index in [0.29, 0.717) is 12.0 Å². The highest BCUT2D eigenvalue weighted by Crippen LogP contribution is 2.37. The van der Waals surface area contributed by atoms with E-state index in [-0.39, 0.29) is 18.1 Å². The number of carbonyl (C=O) groups is 2. The number of hydrogen-bond acceptors (Lipinski definition) is 4. The van der Waals surface area contributed by atoms with Gasteiger partial charge in [-0.2, -0.15) is 0 Å². The molecule has 4 N–H and O–H groups in total. The molecule has 8 nitrogen and oxygen atoms in total. The number of unbranched alkanes of at least 4 members (excludes halogenated alkanes) is 10. The van der Waals surface area contributed by atoms with Crippen molar-refractivity contribution in [2.24, 2.45) is 0 Å². The molecule has 9 heteroatoms. The van der Waals surface area contributed by atoms with Gasteiger partial charge in [0.1, 0.15) is 11.8 Å². The average Bonchev–Trinajstić information content (AvgIpc) is 2.71. The summed E-state index contributed by atoms with van der Waals surface area (Å²) >= 11 is 0. The number of rotatable bonds is 18. The fourth-order valence-corrected chi connectivity index (χ4v) is 3.87. The summed E-state index contributed by atoms with van der Waals surface area (Å²) in [6, 6.07) is 4.65. The van der Waals surface area contributed by atoms with E-state index in [9.17, 15) is 19.3 Å². The van der Waals surface area contributed by atoms with Crippen LogP contribution in [0.2, 0.25) is 0 Å². The molecule has 0 aliphatic heterocycles. The van der Waals surface area contributed by atoms with Crippen molar-refractivity contribution < 1.29 is 33.6 Å². The second kappa shape index (κ2) is 15.8. The van der Waals surface area contributed by atoms with E-state index in [1.165, 1.54) is 75.6 Å². The Morgan fingerprint density at radius 2 is 1.41 bits per heavy atom. The number of carboxylic acid groups (broad SMARTS) is 1. The zero-order valence-electron chi connectivity index (χ0n) is 19.0. The van der Waals surface area contributed by atoms with Gasteiger partial charge in [0.15, 0.2) is 0 Å². The van der Waals surface area contributed by atoms with Crippen LogP contribution in [-0.4, -0.2) is 32.8 Å². The lowest BCUT2D eigenvalue weighted by atomic mass is 10.0. The molecule has 0 saturated heterocycles. The Kier molecular flexibility index (Phi) is 13.9. The molecule has 1 aromatic rings. The molecule has 182 valence electrons. The Labute approximate surface area is 191 Å². The minimum Gasteiger partial charge on any atom is -0.480 e. The van der Waals surface area contributed by atoms with Gasteiger partial charge in [0, 0.05) is 12.8 Å². The summed E-state index contributed by atoms with van der Waals surface area (Å²) in [6.07, 6.45) is 13.4. The van der Waals surface area contributed by atoms with Gasteiger partial charge in [-0.25, -0.2) is 9.36 Å². The van der Waals surface area contributed by atoms with Crippen LogP contribution >= 0.6 is 7.82 Å². The Morgan fingerprint density at radius 1 is 0.906 bits per heavy atom. The van der Waals surface area contributed by atoms with Crippen LogP contribution in [-0.2, 0) is 20.6 Å². The third kappa shape index (κ3) is 14.2. The van der Waals surface area contributed by atoms with Gasteiger partial charge in [0.25, 0.3) is 0 Å². The minimum absolute atomic E-state index is 0.0190. The lowest BCUT2D eigenvalue weighted by Crippen LogP contribution is -2.42. The molecule has 0 saturated carbocycles. The summed E-state index contributed by atoms with van der Waals surface area (Å²) in [7, 11) is -4.64. The number of phosphoric acid groups is 1. The van der Waals surface area contributed by atoms with E-state index in [1.807, 2.05) is 0 Å². The summed E-state index contributed by atoms with van der Waals surface area (Å²) < 4.78 is 15.3. The van der Waals surface area contributed by atoms with Gasteiger partial charge < -0.3 is 14.9 Å². The summed E-state index contributed by atoms with van der Waals surface area (Å²) in [5, 5.41) is 12.0. The van der Waals surface area contributed by atoms with Crippen molar-refractivity contribution >= 4 is 19.7 Å². The van der Waals surface area contributed by atoms with Crippen LogP contribution in [0.1, 0.15) is 89.5 Å². The van der Waals surface area contributed by atoms with Crippen molar-refractivity contribution in [1.82, 2.24) is 5.32 Å². The smallest absolute Gasteiger partial charge is 0.480 e. The van der Waals surface area contributed by atoms with Gasteiger partial charge in [-0.15, -0.1) is 0 Å². The van der Waals surface area contributed by atoms with Crippen LogP contribution in [0.3, 0.4) is 0 Å². The van der Waals surface area contributed by atoms with Crippen molar-refractivity contribution in [3.8, 4) is 5.75 Å². The molecule has 0 aliphatic carbocycles. The number of benzene rings is 1. The molecule has 1 rings (SSSR count). The summed E-state index contributed by atoms with van der Waals surface area (Å²) in [6.45, 7) is 2.22. The predicted molar refractivity (Wildman–Crippen MR) is 123 cm³/mol. The zero-order chi connectivity index (χ0) is 23.8. The molecule has 0 unspecified atom stereocenters. The van der Waals surface area contributed by atoms with Gasteiger partial charge in [-0.05, 0) is 24.1 Å². The molecule has 0 heterocycles. The van der Waals surface area contributed by atoms with E-state index in [0.717, 1.165) is 19.3 Å². The summed E-state index contributed by atoms with van der Waals surface area (Å²) in [4.78, 5) is 41.2. The molecular weight excluding hydrogens is 433 g/mol.